The van der Waals surface area contributed by atoms with Gasteiger partial charge in [-0.15, -0.1) is 0 Å². The van der Waals surface area contributed by atoms with Gasteiger partial charge in [0.1, 0.15) is 11.3 Å². The maximum Gasteiger partial charge on any atom is 0.247 e. The highest BCUT2D eigenvalue weighted by atomic mass is 16.5. The quantitative estimate of drug-likeness (QED) is 0.835. The van der Waals surface area contributed by atoms with Crippen LogP contribution >= 0.6 is 0 Å². The van der Waals surface area contributed by atoms with Crippen LogP contribution in [0.25, 0.3) is 0 Å². The number of nitrogens with zero attached hydrogens (tertiary/aromatic N) is 4. The van der Waals surface area contributed by atoms with Crippen molar-refractivity contribution in [1.29, 1.82) is 0 Å². The molecule has 4 heterocycles. The predicted molar refractivity (Wildman–Crippen MR) is 103 cm³/mol. The molecule has 0 bridgehead atoms. The number of aromatic nitrogens is 2. The minimum absolute atomic E-state index is 0.267. The van der Waals surface area contributed by atoms with Crippen LogP contribution in [-0.2, 0) is 11.3 Å². The van der Waals surface area contributed by atoms with Crippen LogP contribution in [0.4, 0.5) is 5.69 Å². The van der Waals surface area contributed by atoms with Crippen molar-refractivity contribution >= 4 is 11.6 Å². The predicted octanol–water partition coefficient (Wildman–Crippen LogP) is 2.85. The smallest absolute Gasteiger partial charge is 0.247 e. The molecule has 3 atom stereocenters. The first-order valence-electron chi connectivity index (χ1n) is 9.92. The van der Waals surface area contributed by atoms with E-state index >= 15 is 0 Å². The van der Waals surface area contributed by atoms with E-state index in [-0.39, 0.29) is 11.4 Å². The Bertz CT molecular complexity index is 879. The number of carbonyl (C=O) groups is 1. The second-order valence-electron chi connectivity index (χ2n) is 7.92. The van der Waals surface area contributed by atoms with Gasteiger partial charge in [-0.05, 0) is 44.9 Å². The minimum atomic E-state index is -0.331. The number of methoxy groups -OCH3 is 1. The Balaban J connectivity index is 1.47. The molecule has 3 saturated heterocycles. The third-order valence-electron chi connectivity index (χ3n) is 6.77. The highest BCUT2D eigenvalue weighted by Gasteiger charge is 2.65. The molecule has 1 spiro atoms. The van der Waals surface area contributed by atoms with Crippen molar-refractivity contribution < 1.29 is 9.53 Å². The van der Waals surface area contributed by atoms with Gasteiger partial charge in [-0.2, -0.15) is 5.10 Å². The molecular formula is C21H26N4O2. The summed E-state index contributed by atoms with van der Waals surface area (Å²) in [6.45, 7) is 4.77. The fourth-order valence-corrected chi connectivity index (χ4v) is 5.53. The van der Waals surface area contributed by atoms with Crippen LogP contribution in [0.1, 0.15) is 37.8 Å². The molecule has 0 aliphatic carbocycles. The van der Waals surface area contributed by atoms with Crippen molar-refractivity contribution in [2.45, 2.75) is 44.3 Å². The van der Waals surface area contributed by atoms with Gasteiger partial charge in [-0.25, -0.2) is 0 Å². The zero-order valence-corrected chi connectivity index (χ0v) is 16.0. The lowest BCUT2D eigenvalue weighted by Gasteiger charge is -2.33. The zero-order valence-electron chi connectivity index (χ0n) is 16.0. The van der Waals surface area contributed by atoms with E-state index in [1.54, 1.807) is 7.11 Å². The number of hydrogen-bond donors (Lipinski definition) is 0. The van der Waals surface area contributed by atoms with Crippen molar-refractivity contribution in [3.8, 4) is 5.75 Å². The average molecular weight is 366 g/mol. The molecule has 6 heteroatoms. The molecule has 1 aromatic heterocycles. The van der Waals surface area contributed by atoms with E-state index in [1.165, 1.54) is 5.56 Å². The van der Waals surface area contributed by atoms with Crippen LogP contribution in [0.15, 0.2) is 36.7 Å². The Morgan fingerprint density at radius 1 is 1.37 bits per heavy atom. The number of anilines is 1. The highest BCUT2D eigenvalue weighted by molar-refractivity contribution is 6.04. The molecule has 3 aliphatic rings. The largest absolute Gasteiger partial charge is 0.497 e. The summed E-state index contributed by atoms with van der Waals surface area (Å²) >= 11 is 0. The molecule has 142 valence electrons. The van der Waals surface area contributed by atoms with Crippen LogP contribution in [0.5, 0.6) is 5.75 Å². The molecule has 1 aromatic carbocycles. The molecule has 1 amide bonds. The Labute approximate surface area is 159 Å². The third kappa shape index (κ3) is 2.29. The number of amides is 1. The fourth-order valence-electron chi connectivity index (χ4n) is 5.53. The topological polar surface area (TPSA) is 50.6 Å². The van der Waals surface area contributed by atoms with Crippen molar-refractivity contribution in [3.63, 3.8) is 0 Å². The molecule has 2 aromatic rings. The summed E-state index contributed by atoms with van der Waals surface area (Å²) in [6.07, 6.45) is 7.23. The molecule has 0 saturated carbocycles. The second-order valence-corrected chi connectivity index (χ2v) is 7.92. The zero-order chi connectivity index (χ0) is 18.6. The van der Waals surface area contributed by atoms with Gasteiger partial charge in [0.05, 0.1) is 13.3 Å². The summed E-state index contributed by atoms with van der Waals surface area (Å²) in [5, 5.41) is 4.47. The van der Waals surface area contributed by atoms with E-state index in [2.05, 4.69) is 23.1 Å². The summed E-state index contributed by atoms with van der Waals surface area (Å²) < 4.78 is 7.34. The average Bonchev–Trinajstić information content (AvgIpc) is 3.44. The molecule has 3 fully saturated rings. The summed E-state index contributed by atoms with van der Waals surface area (Å²) in [5.41, 5.74) is 1.88. The van der Waals surface area contributed by atoms with Crippen molar-refractivity contribution in [1.82, 2.24) is 14.7 Å². The molecule has 5 rings (SSSR count). The normalized spacial score (nSPS) is 30.0. The summed E-state index contributed by atoms with van der Waals surface area (Å²) in [4.78, 5) is 18.1. The number of carbonyl (C=O) groups excluding carboxylic acids is 1. The SMILES string of the molecule is CCn1cc([C@@H]2C[C@H]3CN(c4cccc(OC)c4)C(=O)[C@]34CCCN24)cn1. The van der Waals surface area contributed by atoms with Gasteiger partial charge in [0, 0.05) is 48.6 Å². The van der Waals surface area contributed by atoms with E-state index < -0.39 is 0 Å². The Kier molecular flexibility index (Phi) is 3.79. The number of hydrogen-bond acceptors (Lipinski definition) is 4. The molecular weight excluding hydrogens is 340 g/mol. The molecule has 27 heavy (non-hydrogen) atoms. The van der Waals surface area contributed by atoms with Gasteiger partial charge < -0.3 is 9.64 Å². The number of aryl methyl sites for hydroxylation is 1. The maximum atomic E-state index is 13.7. The summed E-state index contributed by atoms with van der Waals surface area (Å²) in [5.74, 6) is 1.43. The van der Waals surface area contributed by atoms with Gasteiger partial charge >= 0.3 is 0 Å². The lowest BCUT2D eigenvalue weighted by molar-refractivity contribution is -0.126. The number of rotatable bonds is 4. The van der Waals surface area contributed by atoms with Crippen LogP contribution in [-0.4, -0.2) is 46.3 Å². The maximum absolute atomic E-state index is 13.7. The first-order valence-corrected chi connectivity index (χ1v) is 9.92. The van der Waals surface area contributed by atoms with Gasteiger partial charge in [-0.3, -0.25) is 14.4 Å². The van der Waals surface area contributed by atoms with Crippen molar-refractivity contribution in [2.75, 3.05) is 25.1 Å². The Morgan fingerprint density at radius 3 is 3.04 bits per heavy atom. The van der Waals surface area contributed by atoms with E-state index in [0.29, 0.717) is 12.0 Å². The first-order chi connectivity index (χ1) is 13.2. The van der Waals surface area contributed by atoms with Gasteiger partial charge in [-0.1, -0.05) is 6.07 Å². The van der Waals surface area contributed by atoms with Crippen LogP contribution in [0.2, 0.25) is 0 Å². The Hall–Kier alpha value is -2.34. The number of benzene rings is 1. The minimum Gasteiger partial charge on any atom is -0.497 e. The van der Waals surface area contributed by atoms with Crippen LogP contribution in [0.3, 0.4) is 0 Å². The summed E-state index contributed by atoms with van der Waals surface area (Å²) in [7, 11) is 1.66. The molecule has 3 aliphatic heterocycles. The molecule has 6 nitrogen and oxygen atoms in total. The lowest BCUT2D eigenvalue weighted by Crippen LogP contribution is -2.49. The molecule has 0 unspecified atom stereocenters. The third-order valence-corrected chi connectivity index (χ3v) is 6.77. The van der Waals surface area contributed by atoms with Crippen LogP contribution in [0, 0.1) is 5.92 Å². The van der Waals surface area contributed by atoms with Gasteiger partial charge in [0.25, 0.3) is 0 Å². The molecule has 0 radical (unpaired) electrons. The summed E-state index contributed by atoms with van der Waals surface area (Å²) in [6, 6.07) is 8.18. The van der Waals surface area contributed by atoms with Gasteiger partial charge in [0.15, 0.2) is 0 Å². The van der Waals surface area contributed by atoms with Crippen molar-refractivity contribution in [2.24, 2.45) is 5.92 Å². The van der Waals surface area contributed by atoms with E-state index in [9.17, 15) is 4.79 Å². The van der Waals surface area contributed by atoms with Crippen LogP contribution < -0.4 is 9.64 Å². The first kappa shape index (κ1) is 16.8. The van der Waals surface area contributed by atoms with Crippen molar-refractivity contribution in [3.05, 3.63) is 42.2 Å². The standard InChI is InChI=1S/C21H26N4O2/c1-3-23-13-15(12-22-23)19-10-16-14-24(17-6-4-7-18(11-17)27-2)20(26)21(16)8-5-9-25(19)21/h4,6-7,11-13,16,19H,3,5,8-10,14H2,1-2H3/t16-,19-,21-/m0/s1. The monoisotopic (exact) mass is 366 g/mol. The lowest BCUT2D eigenvalue weighted by atomic mass is 9.85. The highest BCUT2D eigenvalue weighted by Crippen LogP contribution is 2.56. The Morgan fingerprint density at radius 2 is 2.26 bits per heavy atom. The van der Waals surface area contributed by atoms with E-state index in [0.717, 1.165) is 50.3 Å². The second kappa shape index (κ2) is 6.09. The fraction of sp³-hybridized carbons (Fsp3) is 0.524. The van der Waals surface area contributed by atoms with E-state index in [1.807, 2.05) is 40.0 Å². The van der Waals surface area contributed by atoms with Gasteiger partial charge in [0.2, 0.25) is 5.91 Å². The van der Waals surface area contributed by atoms with E-state index in [4.69, 9.17) is 4.74 Å². The number of ether oxygens (including phenoxy) is 1. The molecule has 0 N–H and O–H groups in total.